The highest BCUT2D eigenvalue weighted by atomic mass is 16.5. The molecule has 0 fully saturated rings. The van der Waals surface area contributed by atoms with Crippen LogP contribution < -0.4 is 5.32 Å². The van der Waals surface area contributed by atoms with Crippen molar-refractivity contribution in [3.63, 3.8) is 0 Å². The van der Waals surface area contributed by atoms with Crippen LogP contribution >= 0.6 is 0 Å². The topological polar surface area (TPSA) is 68.5 Å². The van der Waals surface area contributed by atoms with Gasteiger partial charge >= 0.3 is 5.97 Å². The molecule has 0 aliphatic carbocycles. The van der Waals surface area contributed by atoms with Crippen LogP contribution in [0.1, 0.15) is 34.2 Å². The standard InChI is InChI=1S/C22H21NO4/c1-16(21(24)23-15-19-11-7-13-26-19)27-22(25)20-12-6-5-10-18(20)14-17-8-3-2-4-9-17/h2-13,16H,14-15H2,1H3,(H,23,24)/t16-/m1/s1. The van der Waals surface area contributed by atoms with Gasteiger partial charge in [0.2, 0.25) is 0 Å². The zero-order valence-corrected chi connectivity index (χ0v) is 15.1. The van der Waals surface area contributed by atoms with Crippen LogP contribution in [0.2, 0.25) is 0 Å². The molecule has 0 radical (unpaired) electrons. The third kappa shape index (κ3) is 5.07. The van der Waals surface area contributed by atoms with Gasteiger partial charge in [-0.15, -0.1) is 0 Å². The third-order valence-electron chi connectivity index (χ3n) is 4.14. The van der Waals surface area contributed by atoms with Crippen molar-refractivity contribution in [2.24, 2.45) is 0 Å². The number of ether oxygens (including phenoxy) is 1. The number of furan rings is 1. The fourth-order valence-corrected chi connectivity index (χ4v) is 2.70. The molecule has 0 unspecified atom stereocenters. The molecule has 3 rings (SSSR count). The van der Waals surface area contributed by atoms with Gasteiger partial charge in [0.25, 0.3) is 5.91 Å². The molecule has 2 aromatic carbocycles. The summed E-state index contributed by atoms with van der Waals surface area (Å²) >= 11 is 0. The van der Waals surface area contributed by atoms with Gasteiger partial charge in [-0.3, -0.25) is 4.79 Å². The first-order valence-corrected chi connectivity index (χ1v) is 8.76. The molecule has 0 aliphatic heterocycles. The zero-order chi connectivity index (χ0) is 19.1. The number of benzene rings is 2. The molecule has 1 heterocycles. The Balaban J connectivity index is 1.62. The highest BCUT2D eigenvalue weighted by Gasteiger charge is 2.20. The molecule has 0 spiro atoms. The lowest BCUT2D eigenvalue weighted by Gasteiger charge is -2.15. The number of nitrogens with one attached hydrogen (secondary N) is 1. The minimum atomic E-state index is -0.905. The summed E-state index contributed by atoms with van der Waals surface area (Å²) in [6, 6.07) is 20.7. The molecule has 1 amide bonds. The van der Waals surface area contributed by atoms with E-state index in [1.807, 2.05) is 42.5 Å². The van der Waals surface area contributed by atoms with Gasteiger partial charge in [-0.1, -0.05) is 48.5 Å². The Hall–Kier alpha value is -3.34. The van der Waals surface area contributed by atoms with E-state index in [1.165, 1.54) is 6.26 Å². The number of carbonyl (C=O) groups is 2. The summed E-state index contributed by atoms with van der Waals surface area (Å²) in [6.07, 6.45) is 1.25. The number of esters is 1. The molecule has 0 saturated heterocycles. The van der Waals surface area contributed by atoms with E-state index in [0.717, 1.165) is 11.1 Å². The largest absolute Gasteiger partial charge is 0.467 e. The van der Waals surface area contributed by atoms with Crippen molar-refractivity contribution in [2.45, 2.75) is 26.0 Å². The summed E-state index contributed by atoms with van der Waals surface area (Å²) < 4.78 is 10.5. The van der Waals surface area contributed by atoms with Crippen molar-refractivity contribution >= 4 is 11.9 Å². The van der Waals surface area contributed by atoms with Gasteiger partial charge in [0.05, 0.1) is 18.4 Å². The molecule has 138 valence electrons. The molecule has 1 atom stereocenters. The molecular formula is C22H21NO4. The summed E-state index contributed by atoms with van der Waals surface area (Å²) in [5, 5.41) is 2.69. The number of rotatable bonds is 7. The lowest BCUT2D eigenvalue weighted by Crippen LogP contribution is -2.35. The van der Waals surface area contributed by atoms with E-state index in [2.05, 4.69) is 5.32 Å². The molecular weight excluding hydrogens is 342 g/mol. The van der Waals surface area contributed by atoms with Crippen molar-refractivity contribution in [3.8, 4) is 0 Å². The lowest BCUT2D eigenvalue weighted by molar-refractivity contribution is -0.129. The van der Waals surface area contributed by atoms with Gasteiger partial charge in [0.15, 0.2) is 6.10 Å². The fraction of sp³-hybridized carbons (Fsp3) is 0.182. The highest BCUT2D eigenvalue weighted by Crippen LogP contribution is 2.16. The molecule has 1 aromatic heterocycles. The van der Waals surface area contributed by atoms with E-state index < -0.39 is 12.1 Å². The number of amides is 1. The van der Waals surface area contributed by atoms with Crippen LogP contribution in [0.15, 0.2) is 77.4 Å². The summed E-state index contributed by atoms with van der Waals surface area (Å²) in [5.41, 5.74) is 2.42. The number of hydrogen-bond acceptors (Lipinski definition) is 4. The first-order valence-electron chi connectivity index (χ1n) is 8.76. The van der Waals surface area contributed by atoms with Gasteiger partial charge < -0.3 is 14.5 Å². The maximum absolute atomic E-state index is 12.6. The maximum atomic E-state index is 12.6. The molecule has 0 bridgehead atoms. The lowest BCUT2D eigenvalue weighted by atomic mass is 10.00. The first kappa shape index (κ1) is 18.5. The van der Waals surface area contributed by atoms with Crippen LogP contribution in [-0.2, 0) is 22.5 Å². The van der Waals surface area contributed by atoms with Crippen LogP contribution in [0.25, 0.3) is 0 Å². The van der Waals surface area contributed by atoms with Crippen molar-refractivity contribution in [3.05, 3.63) is 95.4 Å². The Kier molecular flexibility index (Phi) is 6.05. The average molecular weight is 363 g/mol. The Morgan fingerprint density at radius 3 is 2.48 bits per heavy atom. The molecule has 0 saturated carbocycles. The monoisotopic (exact) mass is 363 g/mol. The Morgan fingerprint density at radius 2 is 1.74 bits per heavy atom. The van der Waals surface area contributed by atoms with Crippen LogP contribution in [0, 0.1) is 0 Å². The Bertz CT molecular complexity index is 888. The SMILES string of the molecule is C[C@@H](OC(=O)c1ccccc1Cc1ccccc1)C(=O)NCc1ccco1. The van der Waals surface area contributed by atoms with E-state index in [0.29, 0.717) is 17.7 Å². The van der Waals surface area contributed by atoms with Gasteiger partial charge in [-0.25, -0.2) is 4.79 Å². The van der Waals surface area contributed by atoms with Crippen LogP contribution in [0.4, 0.5) is 0 Å². The predicted octanol–water partition coefficient (Wildman–Crippen LogP) is 3.73. The predicted molar refractivity (Wildman–Crippen MR) is 101 cm³/mol. The van der Waals surface area contributed by atoms with Crippen LogP contribution in [-0.4, -0.2) is 18.0 Å². The molecule has 5 heteroatoms. The van der Waals surface area contributed by atoms with Gasteiger partial charge in [-0.05, 0) is 42.7 Å². The normalized spacial score (nSPS) is 11.6. The van der Waals surface area contributed by atoms with E-state index in [9.17, 15) is 9.59 Å². The van der Waals surface area contributed by atoms with Crippen LogP contribution in [0.3, 0.4) is 0 Å². The van der Waals surface area contributed by atoms with Crippen molar-refractivity contribution in [2.75, 3.05) is 0 Å². The van der Waals surface area contributed by atoms with E-state index in [1.54, 1.807) is 31.2 Å². The fourth-order valence-electron chi connectivity index (χ4n) is 2.70. The summed E-state index contributed by atoms with van der Waals surface area (Å²) in [7, 11) is 0. The van der Waals surface area contributed by atoms with E-state index >= 15 is 0 Å². The smallest absolute Gasteiger partial charge is 0.339 e. The number of carbonyl (C=O) groups excluding carboxylic acids is 2. The quantitative estimate of drug-likeness (QED) is 0.650. The molecule has 27 heavy (non-hydrogen) atoms. The van der Waals surface area contributed by atoms with Crippen LogP contribution in [0.5, 0.6) is 0 Å². The average Bonchev–Trinajstić information content (AvgIpc) is 3.21. The number of hydrogen-bond donors (Lipinski definition) is 1. The second kappa shape index (κ2) is 8.85. The second-order valence-electron chi connectivity index (χ2n) is 6.16. The first-order chi connectivity index (χ1) is 13.1. The van der Waals surface area contributed by atoms with E-state index in [-0.39, 0.29) is 12.5 Å². The summed E-state index contributed by atoms with van der Waals surface area (Å²) in [4.78, 5) is 24.7. The van der Waals surface area contributed by atoms with Crippen molar-refractivity contribution < 1.29 is 18.7 Å². The molecule has 5 nitrogen and oxygen atoms in total. The summed E-state index contributed by atoms with van der Waals surface area (Å²) in [5.74, 6) is -0.252. The molecule has 3 aromatic rings. The van der Waals surface area contributed by atoms with Crippen molar-refractivity contribution in [1.29, 1.82) is 0 Å². The van der Waals surface area contributed by atoms with Gasteiger partial charge in [-0.2, -0.15) is 0 Å². The van der Waals surface area contributed by atoms with Crippen molar-refractivity contribution in [1.82, 2.24) is 5.32 Å². The maximum Gasteiger partial charge on any atom is 0.339 e. The minimum Gasteiger partial charge on any atom is -0.467 e. The second-order valence-corrected chi connectivity index (χ2v) is 6.16. The van der Waals surface area contributed by atoms with Gasteiger partial charge in [0, 0.05) is 0 Å². The zero-order valence-electron chi connectivity index (χ0n) is 15.1. The summed E-state index contributed by atoms with van der Waals surface area (Å²) in [6.45, 7) is 1.80. The molecule has 1 N–H and O–H groups in total. The Morgan fingerprint density at radius 1 is 1.00 bits per heavy atom. The van der Waals surface area contributed by atoms with Gasteiger partial charge in [0.1, 0.15) is 5.76 Å². The minimum absolute atomic E-state index is 0.248. The van der Waals surface area contributed by atoms with E-state index in [4.69, 9.17) is 9.15 Å². The third-order valence-corrected chi connectivity index (χ3v) is 4.14. The highest BCUT2D eigenvalue weighted by molar-refractivity contribution is 5.93. The molecule has 0 aliphatic rings. The Labute approximate surface area is 158 Å².